The number of carbonyl (C=O) groups is 1. The molecule has 0 aliphatic carbocycles. The Morgan fingerprint density at radius 3 is 2.85 bits per heavy atom. The van der Waals surface area contributed by atoms with Gasteiger partial charge in [0.25, 0.3) is 0 Å². The van der Waals surface area contributed by atoms with Gasteiger partial charge in [0.1, 0.15) is 6.61 Å². The fourth-order valence-electron chi connectivity index (χ4n) is 0.813. The summed E-state index contributed by atoms with van der Waals surface area (Å²) in [4.78, 5) is 11.4. The topological polar surface area (TPSA) is 39.4 Å². The molecular weight excluding hydrogens is 192 g/mol. The molecule has 0 aliphatic heterocycles. The third-order valence-corrected chi connectivity index (χ3v) is 1.76. The van der Waals surface area contributed by atoms with Gasteiger partial charge in [0, 0.05) is 0 Å². The van der Waals surface area contributed by atoms with Gasteiger partial charge in [-0.05, 0) is 31.5 Å². The molecular formula is C9H11ClO3. The lowest BCUT2D eigenvalue weighted by molar-refractivity contribution is 0.0584. The summed E-state index contributed by atoms with van der Waals surface area (Å²) in [5.41, 5.74) is 0.377. The van der Waals surface area contributed by atoms with Crippen LogP contribution in [0.3, 0.4) is 0 Å². The number of carbonyl (C=O) groups excluding carboxylic acids is 1. The van der Waals surface area contributed by atoms with Crippen molar-refractivity contribution in [3.63, 3.8) is 0 Å². The summed E-state index contributed by atoms with van der Waals surface area (Å²) in [7, 11) is 0. The van der Waals surface area contributed by atoms with Gasteiger partial charge in [0.15, 0.2) is 5.78 Å². The molecule has 0 unspecified atom stereocenters. The van der Waals surface area contributed by atoms with Gasteiger partial charge in [-0.15, -0.1) is 0 Å². The van der Waals surface area contributed by atoms with Crippen LogP contribution in [0.15, 0.2) is 16.7 Å². The van der Waals surface area contributed by atoms with E-state index in [2.05, 4.69) is 0 Å². The van der Waals surface area contributed by atoms with E-state index < -0.39 is 0 Å². The molecule has 0 N–H and O–H groups in total. The van der Waals surface area contributed by atoms with E-state index in [1.807, 2.05) is 13.8 Å². The second kappa shape index (κ2) is 4.44. The van der Waals surface area contributed by atoms with E-state index in [1.54, 1.807) is 0 Å². The van der Waals surface area contributed by atoms with Gasteiger partial charge < -0.3 is 9.15 Å². The molecule has 1 heterocycles. The minimum Gasteiger partial charge on any atom is -0.452 e. The summed E-state index contributed by atoms with van der Waals surface area (Å²) in [6, 6.07) is 1.54. The summed E-state index contributed by atoms with van der Waals surface area (Å²) in [5, 5.41) is 0.123. The van der Waals surface area contributed by atoms with Crippen molar-refractivity contribution in [1.82, 2.24) is 0 Å². The second-order valence-corrected chi connectivity index (χ2v) is 3.23. The average molecular weight is 203 g/mol. The molecule has 0 saturated carbocycles. The Morgan fingerprint density at radius 2 is 2.38 bits per heavy atom. The van der Waals surface area contributed by atoms with E-state index in [0.29, 0.717) is 5.56 Å². The molecule has 1 rings (SSSR count). The van der Waals surface area contributed by atoms with Crippen molar-refractivity contribution >= 4 is 17.4 Å². The molecule has 0 spiro atoms. The quantitative estimate of drug-likeness (QED) is 0.705. The lowest BCUT2D eigenvalue weighted by Crippen LogP contribution is -2.13. The molecule has 1 aromatic heterocycles. The van der Waals surface area contributed by atoms with Crippen LogP contribution in [0.25, 0.3) is 0 Å². The van der Waals surface area contributed by atoms with Gasteiger partial charge in [-0.25, -0.2) is 0 Å². The zero-order chi connectivity index (χ0) is 9.84. The van der Waals surface area contributed by atoms with Gasteiger partial charge >= 0.3 is 0 Å². The van der Waals surface area contributed by atoms with Crippen molar-refractivity contribution in [2.75, 3.05) is 6.61 Å². The second-order valence-electron chi connectivity index (χ2n) is 2.89. The standard InChI is InChI=1S/C9H11ClO3/c1-6(2)13-5-8(11)7-3-4-12-9(7)10/h3-4,6H,5H2,1-2H3. The largest absolute Gasteiger partial charge is 0.452 e. The van der Waals surface area contributed by atoms with Crippen LogP contribution in [-0.2, 0) is 4.74 Å². The highest BCUT2D eigenvalue weighted by Gasteiger charge is 2.13. The Labute approximate surface area is 81.6 Å². The van der Waals surface area contributed by atoms with Crippen molar-refractivity contribution in [2.24, 2.45) is 0 Å². The number of hydrogen-bond donors (Lipinski definition) is 0. The molecule has 0 aromatic carbocycles. The van der Waals surface area contributed by atoms with Crippen molar-refractivity contribution in [3.8, 4) is 0 Å². The molecule has 0 fully saturated rings. The molecule has 0 saturated heterocycles. The van der Waals surface area contributed by atoms with Gasteiger partial charge in [0.05, 0.1) is 17.9 Å². The number of ketones is 1. The zero-order valence-electron chi connectivity index (χ0n) is 7.54. The number of furan rings is 1. The summed E-state index contributed by atoms with van der Waals surface area (Å²) in [5.74, 6) is -0.160. The van der Waals surface area contributed by atoms with Crippen LogP contribution in [0.5, 0.6) is 0 Å². The van der Waals surface area contributed by atoms with Gasteiger partial charge in [-0.1, -0.05) is 0 Å². The third kappa shape index (κ3) is 2.86. The first kappa shape index (κ1) is 10.3. The van der Waals surface area contributed by atoms with E-state index in [-0.39, 0.29) is 23.7 Å². The minimum absolute atomic E-state index is 0.0367. The highest BCUT2D eigenvalue weighted by atomic mass is 35.5. The molecule has 72 valence electrons. The van der Waals surface area contributed by atoms with Crippen LogP contribution in [0.2, 0.25) is 5.22 Å². The fraction of sp³-hybridized carbons (Fsp3) is 0.444. The van der Waals surface area contributed by atoms with Gasteiger partial charge in [0.2, 0.25) is 5.22 Å². The molecule has 0 amide bonds. The minimum atomic E-state index is -0.160. The predicted molar refractivity (Wildman–Crippen MR) is 49.1 cm³/mol. The molecule has 13 heavy (non-hydrogen) atoms. The molecule has 1 aromatic rings. The maximum Gasteiger partial charge on any atom is 0.203 e. The molecule has 0 radical (unpaired) electrons. The van der Waals surface area contributed by atoms with E-state index in [9.17, 15) is 4.79 Å². The number of hydrogen-bond acceptors (Lipinski definition) is 3. The highest BCUT2D eigenvalue weighted by Crippen LogP contribution is 2.17. The molecule has 4 heteroatoms. The predicted octanol–water partition coefficient (Wildman–Crippen LogP) is 2.54. The Balaban J connectivity index is 2.54. The molecule has 0 aliphatic rings. The number of ether oxygens (including phenoxy) is 1. The fourth-order valence-corrected chi connectivity index (χ4v) is 1.03. The first-order valence-corrected chi connectivity index (χ1v) is 4.37. The van der Waals surface area contributed by atoms with Crippen LogP contribution in [0.1, 0.15) is 24.2 Å². The van der Waals surface area contributed by atoms with Crippen LogP contribution >= 0.6 is 11.6 Å². The molecule has 0 atom stereocenters. The number of halogens is 1. The highest BCUT2D eigenvalue weighted by molar-refractivity contribution is 6.32. The Morgan fingerprint density at radius 1 is 1.69 bits per heavy atom. The molecule has 3 nitrogen and oxygen atoms in total. The van der Waals surface area contributed by atoms with Gasteiger partial charge in [-0.3, -0.25) is 4.79 Å². The first-order valence-electron chi connectivity index (χ1n) is 3.99. The Hall–Kier alpha value is -0.800. The van der Waals surface area contributed by atoms with Crippen LogP contribution in [-0.4, -0.2) is 18.5 Å². The molecule has 0 bridgehead atoms. The zero-order valence-corrected chi connectivity index (χ0v) is 8.30. The summed E-state index contributed by atoms with van der Waals surface area (Å²) in [6.45, 7) is 3.77. The van der Waals surface area contributed by atoms with Crippen LogP contribution in [0.4, 0.5) is 0 Å². The van der Waals surface area contributed by atoms with Crippen molar-refractivity contribution in [1.29, 1.82) is 0 Å². The number of Topliss-reactive ketones (excluding diaryl/α,β-unsaturated/α-hetero) is 1. The van der Waals surface area contributed by atoms with E-state index in [1.165, 1.54) is 12.3 Å². The maximum atomic E-state index is 11.4. The Bertz CT molecular complexity index is 291. The summed E-state index contributed by atoms with van der Waals surface area (Å²) < 4.78 is 9.91. The van der Waals surface area contributed by atoms with Gasteiger partial charge in [-0.2, -0.15) is 0 Å². The van der Waals surface area contributed by atoms with Crippen molar-refractivity contribution < 1.29 is 13.9 Å². The lowest BCUT2D eigenvalue weighted by Gasteiger charge is -2.04. The Kier molecular flexibility index (Phi) is 3.51. The normalized spacial score (nSPS) is 10.8. The third-order valence-electron chi connectivity index (χ3n) is 1.47. The van der Waals surface area contributed by atoms with E-state index in [4.69, 9.17) is 20.8 Å². The van der Waals surface area contributed by atoms with Crippen molar-refractivity contribution in [3.05, 3.63) is 23.1 Å². The summed E-state index contributed by atoms with van der Waals surface area (Å²) in [6.07, 6.45) is 1.42. The first-order chi connectivity index (χ1) is 6.11. The van der Waals surface area contributed by atoms with Crippen LogP contribution in [0, 0.1) is 0 Å². The SMILES string of the molecule is CC(C)OCC(=O)c1ccoc1Cl. The average Bonchev–Trinajstić information content (AvgIpc) is 2.47. The number of rotatable bonds is 4. The summed E-state index contributed by atoms with van der Waals surface area (Å²) >= 11 is 5.61. The van der Waals surface area contributed by atoms with Crippen molar-refractivity contribution in [2.45, 2.75) is 20.0 Å². The van der Waals surface area contributed by atoms with E-state index in [0.717, 1.165) is 0 Å². The monoisotopic (exact) mass is 202 g/mol. The van der Waals surface area contributed by atoms with Crippen LogP contribution < -0.4 is 0 Å². The lowest BCUT2D eigenvalue weighted by atomic mass is 10.2. The van der Waals surface area contributed by atoms with E-state index >= 15 is 0 Å². The smallest absolute Gasteiger partial charge is 0.203 e. The maximum absolute atomic E-state index is 11.4.